The second-order valence-electron chi connectivity index (χ2n) is 6.40. The first-order valence-electron chi connectivity index (χ1n) is 9.07. The predicted octanol–water partition coefficient (Wildman–Crippen LogP) is 4.83. The molecule has 0 fully saturated rings. The molecule has 28 heavy (non-hydrogen) atoms. The van der Waals surface area contributed by atoms with Crippen molar-refractivity contribution in [3.8, 4) is 11.4 Å². The highest BCUT2D eigenvalue weighted by Gasteiger charge is 2.21. The molecule has 0 radical (unpaired) electrons. The van der Waals surface area contributed by atoms with Gasteiger partial charge in [0.25, 0.3) is 0 Å². The van der Waals surface area contributed by atoms with Crippen molar-refractivity contribution in [1.29, 1.82) is 0 Å². The molecule has 1 N–H and O–H groups in total. The van der Waals surface area contributed by atoms with Gasteiger partial charge in [-0.15, -0.1) is 10.2 Å². The fourth-order valence-corrected chi connectivity index (χ4v) is 3.74. The van der Waals surface area contributed by atoms with Crippen LogP contribution >= 0.6 is 23.4 Å². The van der Waals surface area contributed by atoms with Gasteiger partial charge in [0, 0.05) is 35.2 Å². The third kappa shape index (κ3) is 4.72. The number of nitrogens with zero attached hydrogens (tertiary/aromatic N) is 4. The number of anilines is 1. The van der Waals surface area contributed by atoms with E-state index in [4.69, 9.17) is 11.6 Å². The zero-order valence-electron chi connectivity index (χ0n) is 16.0. The second kappa shape index (κ2) is 9.21. The summed E-state index contributed by atoms with van der Waals surface area (Å²) in [4.78, 5) is 16.7. The lowest BCUT2D eigenvalue weighted by molar-refractivity contribution is -0.115. The first kappa shape index (κ1) is 20.4. The quantitative estimate of drug-likeness (QED) is 0.559. The Morgan fingerprint density at radius 3 is 2.71 bits per heavy atom. The summed E-state index contributed by atoms with van der Waals surface area (Å²) < 4.78 is 2.05. The summed E-state index contributed by atoms with van der Waals surface area (Å²) in [7, 11) is 0. The smallest absolute Gasteiger partial charge is 0.237 e. The van der Waals surface area contributed by atoms with E-state index in [9.17, 15) is 4.79 Å². The van der Waals surface area contributed by atoms with Crippen molar-refractivity contribution >= 4 is 35.0 Å². The van der Waals surface area contributed by atoms with Crippen molar-refractivity contribution < 1.29 is 4.79 Å². The van der Waals surface area contributed by atoms with Gasteiger partial charge >= 0.3 is 0 Å². The number of rotatable bonds is 7. The molecule has 3 rings (SSSR count). The maximum absolute atomic E-state index is 12.7. The summed E-state index contributed by atoms with van der Waals surface area (Å²) in [6.45, 7) is 6.66. The minimum Gasteiger partial charge on any atom is -0.325 e. The summed E-state index contributed by atoms with van der Waals surface area (Å²) in [5, 5.41) is 12.6. The normalized spacial score (nSPS) is 12.0. The van der Waals surface area contributed by atoms with E-state index < -0.39 is 0 Å². The van der Waals surface area contributed by atoms with E-state index in [1.54, 1.807) is 24.5 Å². The molecule has 1 atom stereocenters. The summed E-state index contributed by atoms with van der Waals surface area (Å²) in [6, 6.07) is 9.26. The molecule has 0 saturated carbocycles. The number of amides is 1. The Hall–Kier alpha value is -2.38. The van der Waals surface area contributed by atoms with Crippen LogP contribution < -0.4 is 5.32 Å². The van der Waals surface area contributed by atoms with Crippen LogP contribution in [0.2, 0.25) is 5.02 Å². The number of hydrogen-bond donors (Lipinski definition) is 1. The number of pyridine rings is 1. The largest absolute Gasteiger partial charge is 0.325 e. The molecule has 1 aromatic carbocycles. The van der Waals surface area contributed by atoms with E-state index in [-0.39, 0.29) is 11.2 Å². The van der Waals surface area contributed by atoms with E-state index in [0.29, 0.717) is 5.02 Å². The standard InChI is InChI=1S/C20H22ClN5OS/c1-4-11-26-18(15-7-9-22-10-8-15)24-25-20(26)28-14(3)19(27)23-17-12-16(21)6-5-13(17)2/h5-10,12,14H,4,11H2,1-3H3,(H,23,27). The van der Waals surface area contributed by atoms with Gasteiger partial charge in [0.05, 0.1) is 5.25 Å². The summed E-state index contributed by atoms with van der Waals surface area (Å²) in [5.74, 6) is 0.678. The molecule has 146 valence electrons. The van der Waals surface area contributed by atoms with Gasteiger partial charge in [-0.1, -0.05) is 36.4 Å². The van der Waals surface area contributed by atoms with E-state index in [1.165, 1.54) is 11.8 Å². The molecule has 0 aliphatic carbocycles. The summed E-state index contributed by atoms with van der Waals surface area (Å²) in [5.41, 5.74) is 2.64. The van der Waals surface area contributed by atoms with Gasteiger partial charge in [0.2, 0.25) is 5.91 Å². The Bertz CT molecular complexity index is 960. The Labute approximate surface area is 173 Å². The van der Waals surface area contributed by atoms with Gasteiger partial charge in [-0.3, -0.25) is 9.78 Å². The van der Waals surface area contributed by atoms with Gasteiger partial charge < -0.3 is 9.88 Å². The topological polar surface area (TPSA) is 72.7 Å². The van der Waals surface area contributed by atoms with Gasteiger partial charge in [0.1, 0.15) is 0 Å². The van der Waals surface area contributed by atoms with Crippen LogP contribution in [0.15, 0.2) is 47.9 Å². The van der Waals surface area contributed by atoms with E-state index in [2.05, 4.69) is 32.0 Å². The zero-order valence-corrected chi connectivity index (χ0v) is 17.6. The van der Waals surface area contributed by atoms with Crippen LogP contribution in [-0.2, 0) is 11.3 Å². The van der Waals surface area contributed by atoms with Crippen LogP contribution in [0.4, 0.5) is 5.69 Å². The highest BCUT2D eigenvalue weighted by atomic mass is 35.5. The highest BCUT2D eigenvalue weighted by molar-refractivity contribution is 8.00. The molecule has 1 unspecified atom stereocenters. The number of thioether (sulfide) groups is 1. The molecule has 3 aromatic rings. The van der Waals surface area contributed by atoms with Crippen molar-refractivity contribution in [3.63, 3.8) is 0 Å². The molecular formula is C20H22ClN5OS. The minimum absolute atomic E-state index is 0.105. The van der Waals surface area contributed by atoms with E-state index in [0.717, 1.165) is 40.8 Å². The first-order valence-corrected chi connectivity index (χ1v) is 10.3. The average Bonchev–Trinajstić information content (AvgIpc) is 3.08. The fraction of sp³-hybridized carbons (Fsp3) is 0.300. The van der Waals surface area contributed by atoms with Crippen LogP contribution in [-0.4, -0.2) is 30.9 Å². The van der Waals surface area contributed by atoms with Crippen molar-refractivity contribution in [3.05, 3.63) is 53.3 Å². The molecular weight excluding hydrogens is 394 g/mol. The van der Waals surface area contributed by atoms with Crippen molar-refractivity contribution in [2.75, 3.05) is 5.32 Å². The number of nitrogens with one attached hydrogen (secondary N) is 1. The van der Waals surface area contributed by atoms with Gasteiger partial charge in [-0.2, -0.15) is 0 Å². The van der Waals surface area contributed by atoms with Crippen molar-refractivity contribution in [1.82, 2.24) is 19.7 Å². The Balaban J connectivity index is 1.78. The Kier molecular flexibility index (Phi) is 6.70. The molecule has 2 aromatic heterocycles. The predicted molar refractivity (Wildman–Crippen MR) is 114 cm³/mol. The zero-order chi connectivity index (χ0) is 20.1. The molecule has 8 heteroatoms. The lowest BCUT2D eigenvalue weighted by Crippen LogP contribution is -2.23. The van der Waals surface area contributed by atoms with Crippen LogP contribution in [0.1, 0.15) is 25.8 Å². The van der Waals surface area contributed by atoms with Crippen molar-refractivity contribution in [2.45, 2.75) is 44.1 Å². The maximum Gasteiger partial charge on any atom is 0.237 e. The van der Waals surface area contributed by atoms with E-state index >= 15 is 0 Å². The van der Waals surface area contributed by atoms with Crippen LogP contribution in [0.25, 0.3) is 11.4 Å². The summed E-state index contributed by atoms with van der Waals surface area (Å²) in [6.07, 6.45) is 4.40. The number of aromatic nitrogens is 4. The summed E-state index contributed by atoms with van der Waals surface area (Å²) >= 11 is 7.44. The third-order valence-electron chi connectivity index (χ3n) is 4.21. The van der Waals surface area contributed by atoms with Gasteiger partial charge in [-0.05, 0) is 50.1 Å². The van der Waals surface area contributed by atoms with Crippen LogP contribution in [0, 0.1) is 6.92 Å². The molecule has 0 aliphatic rings. The Morgan fingerprint density at radius 2 is 2.00 bits per heavy atom. The van der Waals surface area contributed by atoms with Gasteiger partial charge in [-0.25, -0.2) is 0 Å². The van der Waals surface area contributed by atoms with E-state index in [1.807, 2.05) is 32.0 Å². The number of carbonyl (C=O) groups is 1. The molecule has 0 saturated heterocycles. The number of benzene rings is 1. The fourth-order valence-electron chi connectivity index (χ4n) is 2.69. The minimum atomic E-state index is -0.344. The molecule has 1 amide bonds. The molecule has 0 aliphatic heterocycles. The number of hydrogen-bond acceptors (Lipinski definition) is 5. The van der Waals surface area contributed by atoms with Crippen LogP contribution in [0.3, 0.4) is 0 Å². The Morgan fingerprint density at radius 1 is 1.25 bits per heavy atom. The number of carbonyl (C=O) groups excluding carboxylic acids is 1. The monoisotopic (exact) mass is 415 g/mol. The average molecular weight is 416 g/mol. The lowest BCUT2D eigenvalue weighted by atomic mass is 10.2. The van der Waals surface area contributed by atoms with Gasteiger partial charge in [0.15, 0.2) is 11.0 Å². The lowest BCUT2D eigenvalue weighted by Gasteiger charge is -2.14. The number of halogens is 1. The third-order valence-corrected chi connectivity index (χ3v) is 5.53. The second-order valence-corrected chi connectivity index (χ2v) is 8.15. The van der Waals surface area contributed by atoms with Crippen LogP contribution in [0.5, 0.6) is 0 Å². The molecule has 6 nitrogen and oxygen atoms in total. The SMILES string of the molecule is CCCn1c(SC(C)C(=O)Nc2cc(Cl)ccc2C)nnc1-c1ccncc1. The molecule has 2 heterocycles. The number of aryl methyl sites for hydroxylation is 1. The molecule has 0 bridgehead atoms. The molecule has 0 spiro atoms. The maximum atomic E-state index is 12.7. The highest BCUT2D eigenvalue weighted by Crippen LogP contribution is 2.28. The van der Waals surface area contributed by atoms with Crippen molar-refractivity contribution in [2.24, 2.45) is 0 Å². The first-order chi connectivity index (χ1) is 13.5.